The molecule has 1 aliphatic rings. The topological polar surface area (TPSA) is 111 Å². The van der Waals surface area contributed by atoms with Gasteiger partial charge in [-0.2, -0.15) is 5.10 Å². The summed E-state index contributed by atoms with van der Waals surface area (Å²) in [6.07, 6.45) is 1.58. The number of carboxylic acids is 1. The van der Waals surface area contributed by atoms with Crippen LogP contribution in [-0.4, -0.2) is 37.6 Å². The van der Waals surface area contributed by atoms with Crippen molar-refractivity contribution in [2.24, 2.45) is 7.05 Å². The van der Waals surface area contributed by atoms with Gasteiger partial charge in [-0.1, -0.05) is 0 Å². The first-order valence-electron chi connectivity index (χ1n) is 7.37. The van der Waals surface area contributed by atoms with E-state index in [9.17, 15) is 4.79 Å². The van der Waals surface area contributed by atoms with Gasteiger partial charge in [0.25, 0.3) is 0 Å². The second kappa shape index (κ2) is 5.78. The molecule has 25 heavy (non-hydrogen) atoms. The lowest BCUT2D eigenvalue weighted by molar-refractivity contribution is 0.0685. The number of nitrogens with zero attached hydrogens (tertiary/aromatic N) is 4. The fourth-order valence-electron chi connectivity index (χ4n) is 2.46. The Morgan fingerprint density at radius 1 is 1.20 bits per heavy atom. The molecule has 0 spiro atoms. The molecule has 9 heteroatoms. The molecule has 0 atom stereocenters. The molecule has 0 fully saturated rings. The fraction of sp³-hybridized carbons (Fsp3) is 0.125. The van der Waals surface area contributed by atoms with Crippen molar-refractivity contribution in [2.45, 2.75) is 0 Å². The normalized spacial score (nSPS) is 12.2. The van der Waals surface area contributed by atoms with E-state index in [4.69, 9.17) is 14.6 Å². The number of aryl methyl sites for hydroxylation is 1. The summed E-state index contributed by atoms with van der Waals surface area (Å²) in [4.78, 5) is 19.7. The number of anilines is 2. The molecule has 1 aromatic carbocycles. The molecular formula is C16H13N5O4. The predicted octanol–water partition coefficient (Wildman–Crippen LogP) is 2.05. The quantitative estimate of drug-likeness (QED) is 0.743. The van der Waals surface area contributed by atoms with Crippen LogP contribution in [0.5, 0.6) is 11.5 Å². The molecule has 4 rings (SSSR count). The van der Waals surface area contributed by atoms with Crippen LogP contribution in [0.1, 0.15) is 10.5 Å². The van der Waals surface area contributed by atoms with Crippen molar-refractivity contribution in [1.82, 2.24) is 19.7 Å². The van der Waals surface area contributed by atoms with E-state index < -0.39 is 5.97 Å². The Hall–Kier alpha value is -3.62. The second-order valence-corrected chi connectivity index (χ2v) is 5.30. The number of nitrogens with one attached hydrogen (secondary N) is 1. The molecule has 1 aliphatic heterocycles. The Bertz CT molecular complexity index is 969. The number of rotatable bonds is 4. The summed E-state index contributed by atoms with van der Waals surface area (Å²) in [5, 5.41) is 16.4. The molecule has 0 saturated heterocycles. The highest BCUT2D eigenvalue weighted by atomic mass is 16.7. The molecule has 0 bridgehead atoms. The van der Waals surface area contributed by atoms with Gasteiger partial charge in [0, 0.05) is 31.1 Å². The molecule has 0 unspecified atom stereocenters. The van der Waals surface area contributed by atoms with Gasteiger partial charge < -0.3 is 19.9 Å². The molecule has 0 radical (unpaired) electrons. The van der Waals surface area contributed by atoms with E-state index in [0.717, 1.165) is 5.69 Å². The van der Waals surface area contributed by atoms with E-state index in [1.54, 1.807) is 31.4 Å². The van der Waals surface area contributed by atoms with Gasteiger partial charge in [0.1, 0.15) is 11.4 Å². The summed E-state index contributed by atoms with van der Waals surface area (Å²) < 4.78 is 11.9. The lowest BCUT2D eigenvalue weighted by atomic mass is 10.2. The van der Waals surface area contributed by atoms with Gasteiger partial charge in [0.05, 0.1) is 5.69 Å². The van der Waals surface area contributed by atoms with Crippen LogP contribution in [0.15, 0.2) is 36.5 Å². The molecule has 2 N–H and O–H groups in total. The highest BCUT2D eigenvalue weighted by molar-refractivity contribution is 5.87. The monoisotopic (exact) mass is 339 g/mol. The van der Waals surface area contributed by atoms with Crippen molar-refractivity contribution >= 4 is 17.6 Å². The Morgan fingerprint density at radius 3 is 2.84 bits per heavy atom. The Labute approximate surface area is 141 Å². The van der Waals surface area contributed by atoms with Crippen molar-refractivity contribution in [2.75, 3.05) is 12.1 Å². The first kappa shape index (κ1) is 14.9. The average Bonchev–Trinajstić information content (AvgIpc) is 3.21. The minimum Gasteiger partial charge on any atom is -0.477 e. The van der Waals surface area contributed by atoms with Crippen LogP contribution < -0.4 is 14.8 Å². The van der Waals surface area contributed by atoms with E-state index in [1.165, 1.54) is 10.7 Å². The van der Waals surface area contributed by atoms with Gasteiger partial charge in [-0.05, 0) is 18.2 Å². The SMILES string of the molecule is Cn1nc(-c2ccnc(Nc3ccc4c(c3)OCO4)n2)cc1C(=O)O. The van der Waals surface area contributed by atoms with Crippen LogP contribution in [-0.2, 0) is 7.05 Å². The van der Waals surface area contributed by atoms with Crippen molar-refractivity contribution in [3.8, 4) is 22.9 Å². The zero-order chi connectivity index (χ0) is 17.4. The summed E-state index contributed by atoms with van der Waals surface area (Å²) in [6.45, 7) is 0.205. The van der Waals surface area contributed by atoms with Crippen LogP contribution in [0.2, 0.25) is 0 Å². The summed E-state index contributed by atoms with van der Waals surface area (Å²) >= 11 is 0. The minimum atomic E-state index is -1.05. The smallest absolute Gasteiger partial charge is 0.354 e. The van der Waals surface area contributed by atoms with Gasteiger partial charge in [-0.15, -0.1) is 0 Å². The van der Waals surface area contributed by atoms with E-state index in [-0.39, 0.29) is 12.5 Å². The summed E-state index contributed by atoms with van der Waals surface area (Å²) in [5.41, 5.74) is 1.80. The maximum Gasteiger partial charge on any atom is 0.354 e. The minimum absolute atomic E-state index is 0.0823. The standard InChI is InChI=1S/C16H13N5O4/c1-21-12(15(22)23)7-11(20-21)10-4-5-17-16(19-10)18-9-2-3-13-14(6-9)25-8-24-13/h2-7H,8H2,1H3,(H,22,23)(H,17,18,19). The highest BCUT2D eigenvalue weighted by Gasteiger charge is 2.15. The summed E-state index contributed by atoms with van der Waals surface area (Å²) in [6, 6.07) is 8.55. The summed E-state index contributed by atoms with van der Waals surface area (Å²) in [5.74, 6) is 0.653. The molecular weight excluding hydrogens is 326 g/mol. The first-order valence-corrected chi connectivity index (χ1v) is 7.37. The maximum atomic E-state index is 11.1. The molecule has 2 aromatic heterocycles. The number of hydrogen-bond acceptors (Lipinski definition) is 7. The molecule has 0 amide bonds. The Balaban J connectivity index is 1.61. The maximum absolute atomic E-state index is 11.1. The molecule has 0 saturated carbocycles. The van der Waals surface area contributed by atoms with Crippen molar-refractivity contribution < 1.29 is 19.4 Å². The van der Waals surface area contributed by atoms with Gasteiger partial charge in [0.15, 0.2) is 11.5 Å². The number of benzene rings is 1. The van der Waals surface area contributed by atoms with Crippen molar-refractivity contribution in [3.05, 3.63) is 42.2 Å². The number of ether oxygens (including phenoxy) is 2. The van der Waals surface area contributed by atoms with Crippen LogP contribution in [0.25, 0.3) is 11.4 Å². The zero-order valence-corrected chi connectivity index (χ0v) is 13.1. The van der Waals surface area contributed by atoms with E-state index in [0.29, 0.717) is 28.8 Å². The van der Waals surface area contributed by atoms with Gasteiger partial charge >= 0.3 is 5.97 Å². The highest BCUT2D eigenvalue weighted by Crippen LogP contribution is 2.34. The molecule has 126 valence electrons. The zero-order valence-electron chi connectivity index (χ0n) is 13.1. The Kier molecular flexibility index (Phi) is 3.46. The number of aromatic nitrogens is 4. The molecule has 3 heterocycles. The lowest BCUT2D eigenvalue weighted by Crippen LogP contribution is -2.04. The largest absolute Gasteiger partial charge is 0.477 e. The summed E-state index contributed by atoms with van der Waals surface area (Å²) in [7, 11) is 1.57. The molecule has 3 aromatic rings. The van der Waals surface area contributed by atoms with Crippen LogP contribution in [0.4, 0.5) is 11.6 Å². The number of aromatic carboxylic acids is 1. The Morgan fingerprint density at radius 2 is 2.04 bits per heavy atom. The second-order valence-electron chi connectivity index (χ2n) is 5.30. The number of carbonyl (C=O) groups is 1. The van der Waals surface area contributed by atoms with E-state index in [1.807, 2.05) is 6.07 Å². The van der Waals surface area contributed by atoms with E-state index >= 15 is 0 Å². The molecule has 9 nitrogen and oxygen atoms in total. The predicted molar refractivity (Wildman–Crippen MR) is 87.0 cm³/mol. The van der Waals surface area contributed by atoms with Gasteiger partial charge in [-0.3, -0.25) is 4.68 Å². The first-order chi connectivity index (χ1) is 12.1. The number of hydrogen-bond donors (Lipinski definition) is 2. The van der Waals surface area contributed by atoms with Gasteiger partial charge in [0.2, 0.25) is 12.7 Å². The lowest BCUT2D eigenvalue weighted by Gasteiger charge is -2.06. The third-order valence-corrected chi connectivity index (χ3v) is 3.65. The average molecular weight is 339 g/mol. The van der Waals surface area contributed by atoms with E-state index in [2.05, 4.69) is 20.4 Å². The van der Waals surface area contributed by atoms with Crippen molar-refractivity contribution in [1.29, 1.82) is 0 Å². The number of fused-ring (bicyclic) bond motifs is 1. The van der Waals surface area contributed by atoms with Crippen LogP contribution in [0.3, 0.4) is 0 Å². The van der Waals surface area contributed by atoms with Crippen molar-refractivity contribution in [3.63, 3.8) is 0 Å². The third kappa shape index (κ3) is 2.82. The fourth-order valence-corrected chi connectivity index (χ4v) is 2.46. The third-order valence-electron chi connectivity index (χ3n) is 3.65. The number of carboxylic acid groups (broad SMARTS) is 1. The van der Waals surface area contributed by atoms with Crippen LogP contribution >= 0.6 is 0 Å². The van der Waals surface area contributed by atoms with Crippen LogP contribution in [0, 0.1) is 0 Å². The molecule has 0 aliphatic carbocycles. The van der Waals surface area contributed by atoms with Gasteiger partial charge in [-0.25, -0.2) is 14.8 Å².